The van der Waals surface area contributed by atoms with E-state index in [-0.39, 0.29) is 22.8 Å². The summed E-state index contributed by atoms with van der Waals surface area (Å²) in [6, 6.07) is 6.78. The maximum absolute atomic E-state index is 13.0. The van der Waals surface area contributed by atoms with Crippen molar-refractivity contribution in [2.24, 2.45) is 5.92 Å². The van der Waals surface area contributed by atoms with Gasteiger partial charge < -0.3 is 4.90 Å². The van der Waals surface area contributed by atoms with Gasteiger partial charge in [-0.3, -0.25) is 4.79 Å². The Hall–Kier alpha value is -2.33. The Morgan fingerprint density at radius 2 is 1.76 bits per heavy atom. The molecule has 2 aliphatic heterocycles. The van der Waals surface area contributed by atoms with Gasteiger partial charge in [0.2, 0.25) is 15.9 Å². The fraction of sp³-hybridized carbons (Fsp3) is 0.579. The molecular formula is C19H26N6O3S. The smallest absolute Gasteiger partial charge is 0.243 e. The molecule has 0 radical (unpaired) electrons. The van der Waals surface area contributed by atoms with Crippen LogP contribution >= 0.6 is 0 Å². The lowest BCUT2D eigenvalue weighted by Gasteiger charge is -2.38. The molecule has 0 aliphatic carbocycles. The Bertz CT molecular complexity index is 937. The molecule has 10 heteroatoms. The van der Waals surface area contributed by atoms with E-state index >= 15 is 0 Å². The van der Waals surface area contributed by atoms with E-state index in [1.807, 2.05) is 4.90 Å². The van der Waals surface area contributed by atoms with Crippen LogP contribution in [0.3, 0.4) is 0 Å². The van der Waals surface area contributed by atoms with Crippen molar-refractivity contribution in [3.63, 3.8) is 0 Å². The number of benzene rings is 1. The summed E-state index contributed by atoms with van der Waals surface area (Å²) in [5.74, 6) is 0.115. The minimum Gasteiger partial charge on any atom is -0.340 e. The first kappa shape index (κ1) is 20.0. The van der Waals surface area contributed by atoms with E-state index < -0.39 is 10.0 Å². The zero-order chi connectivity index (χ0) is 20.4. The number of rotatable bonds is 4. The van der Waals surface area contributed by atoms with E-state index in [1.165, 1.54) is 21.7 Å². The molecule has 29 heavy (non-hydrogen) atoms. The molecule has 4 rings (SSSR count). The lowest BCUT2D eigenvalue weighted by molar-refractivity contribution is -0.140. The molecule has 2 fully saturated rings. The first-order chi connectivity index (χ1) is 14.0. The summed E-state index contributed by atoms with van der Waals surface area (Å²) in [4.78, 5) is 15.1. The van der Waals surface area contributed by atoms with E-state index in [1.54, 1.807) is 24.3 Å². The number of sulfonamides is 1. The van der Waals surface area contributed by atoms with E-state index in [9.17, 15) is 13.2 Å². The van der Waals surface area contributed by atoms with Crippen molar-refractivity contribution < 1.29 is 13.2 Å². The minimum absolute atomic E-state index is 0.0795. The van der Waals surface area contributed by atoms with Gasteiger partial charge in [0.1, 0.15) is 6.33 Å². The predicted octanol–water partition coefficient (Wildman–Crippen LogP) is 1.46. The van der Waals surface area contributed by atoms with Gasteiger partial charge in [0.05, 0.1) is 10.6 Å². The zero-order valence-electron chi connectivity index (χ0n) is 16.5. The van der Waals surface area contributed by atoms with Gasteiger partial charge in [0.15, 0.2) is 0 Å². The maximum Gasteiger partial charge on any atom is 0.243 e. The van der Waals surface area contributed by atoms with Crippen molar-refractivity contribution in [2.75, 3.05) is 19.6 Å². The summed E-state index contributed by atoms with van der Waals surface area (Å²) >= 11 is 0. The molecule has 0 N–H and O–H groups in total. The van der Waals surface area contributed by atoms with Crippen LogP contribution in [-0.4, -0.2) is 69.4 Å². The number of likely N-dealkylation sites (tertiary alicyclic amines) is 1. The molecule has 2 aromatic rings. The first-order valence-corrected chi connectivity index (χ1v) is 11.5. The van der Waals surface area contributed by atoms with Crippen molar-refractivity contribution in [2.45, 2.75) is 50.0 Å². The van der Waals surface area contributed by atoms with Crippen molar-refractivity contribution in [3.05, 3.63) is 30.6 Å². The van der Waals surface area contributed by atoms with Gasteiger partial charge in [-0.25, -0.2) is 13.1 Å². The number of hydrogen-bond acceptors (Lipinski definition) is 6. The average Bonchev–Trinajstić information content (AvgIpc) is 3.29. The maximum atomic E-state index is 13.0. The quantitative estimate of drug-likeness (QED) is 0.745. The van der Waals surface area contributed by atoms with Crippen LogP contribution in [0.25, 0.3) is 5.69 Å². The van der Waals surface area contributed by atoms with Crippen LogP contribution in [0.1, 0.15) is 39.0 Å². The van der Waals surface area contributed by atoms with Crippen LogP contribution in [-0.2, 0) is 14.8 Å². The average molecular weight is 419 g/mol. The summed E-state index contributed by atoms with van der Waals surface area (Å²) in [6.45, 7) is 3.67. The highest BCUT2D eigenvalue weighted by atomic mass is 32.2. The highest BCUT2D eigenvalue weighted by Gasteiger charge is 2.35. The van der Waals surface area contributed by atoms with Gasteiger partial charge in [-0.15, -0.1) is 5.10 Å². The molecular weight excluding hydrogens is 392 g/mol. The van der Waals surface area contributed by atoms with Gasteiger partial charge in [-0.1, -0.05) is 0 Å². The SMILES string of the molecule is C[C@H]1CCCCN1C(=O)C1CCN(S(=O)(=O)c2ccc(-n3cnnn3)cc2)CC1. The number of nitrogens with zero attached hydrogens (tertiary/aromatic N) is 6. The molecule has 2 aliphatic rings. The summed E-state index contributed by atoms with van der Waals surface area (Å²) in [5.41, 5.74) is 0.689. The Balaban J connectivity index is 1.40. The Labute approximate surface area is 170 Å². The van der Waals surface area contributed by atoms with Gasteiger partial charge >= 0.3 is 0 Å². The molecule has 0 unspecified atom stereocenters. The molecule has 9 nitrogen and oxygen atoms in total. The van der Waals surface area contributed by atoms with Gasteiger partial charge in [-0.05, 0) is 73.7 Å². The van der Waals surface area contributed by atoms with E-state index in [0.717, 1.165) is 19.4 Å². The number of carbonyl (C=O) groups is 1. The van der Waals surface area contributed by atoms with Crippen molar-refractivity contribution in [3.8, 4) is 5.69 Å². The van der Waals surface area contributed by atoms with Crippen molar-refractivity contribution >= 4 is 15.9 Å². The largest absolute Gasteiger partial charge is 0.340 e. The zero-order valence-corrected chi connectivity index (χ0v) is 17.3. The molecule has 0 saturated carbocycles. The molecule has 1 amide bonds. The van der Waals surface area contributed by atoms with Crippen LogP contribution < -0.4 is 0 Å². The third-order valence-electron chi connectivity index (χ3n) is 5.98. The lowest BCUT2D eigenvalue weighted by Crippen LogP contribution is -2.48. The molecule has 0 spiro atoms. The van der Waals surface area contributed by atoms with E-state index in [0.29, 0.717) is 31.6 Å². The van der Waals surface area contributed by atoms with Gasteiger partial charge in [-0.2, -0.15) is 4.31 Å². The fourth-order valence-corrected chi connectivity index (χ4v) is 5.67. The predicted molar refractivity (Wildman–Crippen MR) is 106 cm³/mol. The van der Waals surface area contributed by atoms with Gasteiger partial charge in [0.25, 0.3) is 0 Å². The normalized spacial score (nSPS) is 22.0. The topological polar surface area (TPSA) is 101 Å². The van der Waals surface area contributed by atoms with Gasteiger partial charge in [0, 0.05) is 31.6 Å². The molecule has 1 aromatic heterocycles. The monoisotopic (exact) mass is 418 g/mol. The molecule has 1 aromatic carbocycles. The second kappa shape index (κ2) is 8.19. The van der Waals surface area contributed by atoms with E-state index in [2.05, 4.69) is 22.4 Å². The van der Waals surface area contributed by atoms with Crippen LogP contribution in [0.2, 0.25) is 0 Å². The van der Waals surface area contributed by atoms with Crippen molar-refractivity contribution in [1.29, 1.82) is 0 Å². The summed E-state index contributed by atoms with van der Waals surface area (Å²) in [6.07, 6.45) is 5.89. The number of amides is 1. The van der Waals surface area contributed by atoms with Crippen LogP contribution in [0.4, 0.5) is 0 Å². The van der Waals surface area contributed by atoms with Crippen LogP contribution in [0.5, 0.6) is 0 Å². The second-order valence-corrected chi connectivity index (χ2v) is 9.74. The number of aromatic nitrogens is 4. The Morgan fingerprint density at radius 3 is 2.38 bits per heavy atom. The molecule has 3 heterocycles. The third kappa shape index (κ3) is 4.04. The highest BCUT2D eigenvalue weighted by Crippen LogP contribution is 2.28. The minimum atomic E-state index is -3.58. The first-order valence-electron chi connectivity index (χ1n) is 10.1. The summed E-state index contributed by atoms with van der Waals surface area (Å²) in [7, 11) is -3.58. The van der Waals surface area contributed by atoms with E-state index in [4.69, 9.17) is 0 Å². The molecule has 156 valence electrons. The number of tetrazole rings is 1. The number of carbonyl (C=O) groups excluding carboxylic acids is 1. The standard InChI is InChI=1S/C19H26N6O3S/c1-15-4-2-3-11-24(15)19(26)16-9-12-23(13-10-16)29(27,28)18-7-5-17(6-8-18)25-14-20-21-22-25/h5-8,14-16H,2-4,9-13H2,1H3/t15-/m0/s1. The lowest BCUT2D eigenvalue weighted by atomic mass is 9.94. The van der Waals surface area contributed by atoms with Crippen molar-refractivity contribution in [1.82, 2.24) is 29.4 Å². The Kier molecular flexibility index (Phi) is 5.64. The number of piperidine rings is 2. The molecule has 0 bridgehead atoms. The third-order valence-corrected chi connectivity index (χ3v) is 7.89. The summed E-state index contributed by atoms with van der Waals surface area (Å²) < 4.78 is 29.0. The fourth-order valence-electron chi connectivity index (χ4n) is 4.20. The molecule has 2 saturated heterocycles. The second-order valence-electron chi connectivity index (χ2n) is 7.80. The highest BCUT2D eigenvalue weighted by molar-refractivity contribution is 7.89. The summed E-state index contributed by atoms with van der Waals surface area (Å²) in [5, 5.41) is 11.0. The number of hydrogen-bond donors (Lipinski definition) is 0. The van der Waals surface area contributed by atoms with Crippen LogP contribution in [0, 0.1) is 5.92 Å². The Morgan fingerprint density at radius 1 is 1.03 bits per heavy atom. The molecule has 1 atom stereocenters. The van der Waals surface area contributed by atoms with Crippen LogP contribution in [0.15, 0.2) is 35.5 Å².